The minimum absolute atomic E-state index is 0.0658. The number of rotatable bonds is 10. The van der Waals surface area contributed by atoms with Crippen LogP contribution < -0.4 is 9.50 Å². The molecule has 34 heavy (non-hydrogen) atoms. The summed E-state index contributed by atoms with van der Waals surface area (Å²) in [6.45, 7) is 9.06. The van der Waals surface area contributed by atoms with Gasteiger partial charge in [0.05, 0.1) is 12.5 Å². The average Bonchev–Trinajstić information content (AvgIpc) is 2.72. The van der Waals surface area contributed by atoms with Crippen molar-refractivity contribution in [3.8, 4) is 5.75 Å². The molecule has 0 heterocycles. The van der Waals surface area contributed by atoms with E-state index in [1.54, 1.807) is 77.1 Å². The fourth-order valence-electron chi connectivity index (χ4n) is 3.08. The van der Waals surface area contributed by atoms with Gasteiger partial charge in [0.2, 0.25) is 0 Å². The Hall–Kier alpha value is -3.07. The highest BCUT2D eigenvalue weighted by Gasteiger charge is 2.21. The van der Waals surface area contributed by atoms with Gasteiger partial charge in [0, 0.05) is 6.54 Å². The Morgan fingerprint density at radius 2 is 1.59 bits per heavy atom. The summed E-state index contributed by atoms with van der Waals surface area (Å²) in [7, 11) is -3.93. The summed E-state index contributed by atoms with van der Waals surface area (Å²) in [5.74, 6) is -0.436. The molecule has 1 atom stereocenters. The number of carbonyl (C=O) groups excluding carboxylic acids is 2. The number of esters is 1. The number of hydrogen-bond donors (Lipinski definition) is 1. The van der Waals surface area contributed by atoms with Gasteiger partial charge < -0.3 is 19.0 Å². The third-order valence-electron chi connectivity index (χ3n) is 4.44. The van der Waals surface area contributed by atoms with Gasteiger partial charge in [-0.2, -0.15) is 8.42 Å². The first-order valence-corrected chi connectivity index (χ1v) is 12.5. The van der Waals surface area contributed by atoms with Crippen molar-refractivity contribution < 1.29 is 31.7 Å². The molecule has 2 aromatic carbocycles. The van der Waals surface area contributed by atoms with Crippen LogP contribution in [-0.2, 0) is 30.8 Å². The van der Waals surface area contributed by atoms with Crippen molar-refractivity contribution in [2.75, 3.05) is 6.54 Å². The molecule has 0 aliphatic carbocycles. The maximum absolute atomic E-state index is 12.4. The Kier molecular flexibility index (Phi) is 9.49. The molecule has 0 fully saturated rings. The first-order chi connectivity index (χ1) is 15.8. The van der Waals surface area contributed by atoms with E-state index < -0.39 is 21.8 Å². The molecule has 0 radical (unpaired) electrons. The highest BCUT2D eigenvalue weighted by atomic mass is 32.2. The standard InChI is InChI=1S/C25H33NO7S/c1-18(2)31-23(27)16-20(17-26-24(28)32-25(3,4)5)15-19-11-13-21(14-12-19)33-34(29,30)22-9-7-6-8-10-22/h6-14,18,20H,15-17H2,1-5H3,(H,26,28). The number of amides is 1. The molecule has 0 aliphatic rings. The van der Waals surface area contributed by atoms with E-state index in [4.69, 9.17) is 13.7 Å². The number of alkyl carbamates (subject to hydrolysis) is 1. The SMILES string of the molecule is CC(C)OC(=O)CC(CNC(=O)OC(C)(C)C)Cc1ccc(OS(=O)(=O)c2ccccc2)cc1. The lowest BCUT2D eigenvalue weighted by molar-refractivity contribution is -0.148. The fourth-order valence-corrected chi connectivity index (χ4v) is 4.03. The van der Waals surface area contributed by atoms with Gasteiger partial charge in [-0.1, -0.05) is 30.3 Å². The number of benzene rings is 2. The summed E-state index contributed by atoms with van der Waals surface area (Å²) in [5, 5.41) is 2.71. The van der Waals surface area contributed by atoms with Crippen LogP contribution in [0.2, 0.25) is 0 Å². The molecule has 0 aliphatic heterocycles. The second-order valence-corrected chi connectivity index (χ2v) is 10.7. The quantitative estimate of drug-likeness (QED) is 0.386. The molecule has 9 heteroatoms. The van der Waals surface area contributed by atoms with E-state index >= 15 is 0 Å². The number of hydrogen-bond acceptors (Lipinski definition) is 7. The van der Waals surface area contributed by atoms with Gasteiger partial charge in [0.15, 0.2) is 0 Å². The van der Waals surface area contributed by atoms with Gasteiger partial charge in [-0.25, -0.2) is 4.79 Å². The fraction of sp³-hybridized carbons (Fsp3) is 0.440. The van der Waals surface area contributed by atoms with Gasteiger partial charge in [-0.15, -0.1) is 0 Å². The van der Waals surface area contributed by atoms with Crippen molar-refractivity contribution in [1.29, 1.82) is 0 Å². The monoisotopic (exact) mass is 491 g/mol. The maximum Gasteiger partial charge on any atom is 0.407 e. The third kappa shape index (κ3) is 9.82. The lowest BCUT2D eigenvalue weighted by atomic mass is 9.96. The second-order valence-electron chi connectivity index (χ2n) is 9.19. The Bertz CT molecular complexity index is 1040. The third-order valence-corrected chi connectivity index (χ3v) is 5.70. The minimum Gasteiger partial charge on any atom is -0.463 e. The molecule has 1 unspecified atom stereocenters. The van der Waals surface area contributed by atoms with Crippen LogP contribution in [0.4, 0.5) is 4.79 Å². The van der Waals surface area contributed by atoms with Gasteiger partial charge in [0.25, 0.3) is 0 Å². The summed E-state index contributed by atoms with van der Waals surface area (Å²) in [6, 6.07) is 14.4. The highest BCUT2D eigenvalue weighted by Crippen LogP contribution is 2.21. The number of ether oxygens (including phenoxy) is 2. The minimum atomic E-state index is -3.93. The summed E-state index contributed by atoms with van der Waals surface area (Å²) in [4.78, 5) is 24.3. The first-order valence-electron chi connectivity index (χ1n) is 11.1. The Balaban J connectivity index is 2.05. The topological polar surface area (TPSA) is 108 Å². The van der Waals surface area contributed by atoms with Crippen LogP contribution in [0.3, 0.4) is 0 Å². The van der Waals surface area contributed by atoms with E-state index in [0.717, 1.165) is 5.56 Å². The van der Waals surface area contributed by atoms with Gasteiger partial charge in [0.1, 0.15) is 16.2 Å². The molecule has 0 saturated heterocycles. The van der Waals surface area contributed by atoms with Crippen LogP contribution in [0.1, 0.15) is 46.6 Å². The average molecular weight is 492 g/mol. The predicted molar refractivity (Wildman–Crippen MR) is 128 cm³/mol. The molecular weight excluding hydrogens is 458 g/mol. The Labute approximate surface area is 201 Å². The molecule has 1 amide bonds. The summed E-state index contributed by atoms with van der Waals surface area (Å²) >= 11 is 0. The van der Waals surface area contributed by atoms with Crippen molar-refractivity contribution >= 4 is 22.2 Å². The zero-order valence-corrected chi connectivity index (χ0v) is 21.1. The molecule has 0 bridgehead atoms. The molecule has 0 aromatic heterocycles. The smallest absolute Gasteiger partial charge is 0.407 e. The summed E-state index contributed by atoms with van der Waals surface area (Å²) < 4.78 is 40.5. The Morgan fingerprint density at radius 3 is 2.15 bits per heavy atom. The molecule has 186 valence electrons. The molecule has 8 nitrogen and oxygen atoms in total. The highest BCUT2D eigenvalue weighted by molar-refractivity contribution is 7.87. The Morgan fingerprint density at radius 1 is 0.971 bits per heavy atom. The van der Waals surface area contributed by atoms with Crippen molar-refractivity contribution in [3.63, 3.8) is 0 Å². The van der Waals surface area contributed by atoms with E-state index in [9.17, 15) is 18.0 Å². The van der Waals surface area contributed by atoms with Crippen molar-refractivity contribution in [1.82, 2.24) is 5.32 Å². The molecule has 0 spiro atoms. The maximum atomic E-state index is 12.4. The van der Waals surface area contributed by atoms with Crippen LogP contribution in [0.15, 0.2) is 59.5 Å². The van der Waals surface area contributed by atoms with Gasteiger partial charge >= 0.3 is 22.2 Å². The summed E-state index contributed by atoms with van der Waals surface area (Å²) in [6.07, 6.45) is -0.247. The molecule has 2 aromatic rings. The largest absolute Gasteiger partial charge is 0.463 e. The zero-order chi connectivity index (χ0) is 25.4. The van der Waals surface area contributed by atoms with Crippen molar-refractivity contribution in [2.24, 2.45) is 5.92 Å². The molecule has 2 rings (SSSR count). The number of nitrogens with one attached hydrogen (secondary N) is 1. The molecule has 0 saturated carbocycles. The van der Waals surface area contributed by atoms with Crippen molar-refractivity contribution in [2.45, 2.75) is 64.1 Å². The van der Waals surface area contributed by atoms with Crippen LogP contribution in [0.5, 0.6) is 5.75 Å². The van der Waals surface area contributed by atoms with Crippen LogP contribution >= 0.6 is 0 Å². The van der Waals surface area contributed by atoms with E-state index in [1.165, 1.54) is 12.1 Å². The van der Waals surface area contributed by atoms with E-state index in [2.05, 4.69) is 5.32 Å². The summed E-state index contributed by atoms with van der Waals surface area (Å²) in [5.41, 5.74) is 0.212. The number of carbonyl (C=O) groups is 2. The van der Waals surface area contributed by atoms with E-state index in [0.29, 0.717) is 6.42 Å². The van der Waals surface area contributed by atoms with Crippen LogP contribution in [0, 0.1) is 5.92 Å². The molecule has 1 N–H and O–H groups in total. The normalized spacial score (nSPS) is 12.6. The first kappa shape index (κ1) is 27.2. The lowest BCUT2D eigenvalue weighted by Crippen LogP contribution is -2.36. The van der Waals surface area contributed by atoms with E-state index in [1.807, 2.05) is 0 Å². The predicted octanol–water partition coefficient (Wildman–Crippen LogP) is 4.48. The van der Waals surface area contributed by atoms with E-state index in [-0.39, 0.29) is 41.6 Å². The van der Waals surface area contributed by atoms with Gasteiger partial charge in [-0.3, -0.25) is 4.79 Å². The van der Waals surface area contributed by atoms with Crippen LogP contribution in [0.25, 0.3) is 0 Å². The van der Waals surface area contributed by atoms with Gasteiger partial charge in [-0.05, 0) is 76.8 Å². The second kappa shape index (κ2) is 11.9. The van der Waals surface area contributed by atoms with Crippen LogP contribution in [-0.4, -0.2) is 38.7 Å². The zero-order valence-electron chi connectivity index (χ0n) is 20.2. The van der Waals surface area contributed by atoms with Crippen molar-refractivity contribution in [3.05, 3.63) is 60.2 Å². The lowest BCUT2D eigenvalue weighted by Gasteiger charge is -2.22. The molecular formula is C25H33NO7S.